The molecule has 1 heterocycles. The number of amides is 1. The first-order chi connectivity index (χ1) is 15.7. The SMILES string of the molecule is O=C(CSc1nnc(COc2ccccc2F)n1-c1ccccc1)NC1CCCCCC1. The molecular weight excluding hydrogens is 427 g/mol. The molecule has 1 amide bonds. The van der Waals surface area contributed by atoms with Gasteiger partial charge in [-0.2, -0.15) is 0 Å². The Hall–Kier alpha value is -2.87. The van der Waals surface area contributed by atoms with Gasteiger partial charge in [-0.25, -0.2) is 4.39 Å². The molecule has 6 nitrogen and oxygen atoms in total. The third kappa shape index (κ3) is 5.88. The van der Waals surface area contributed by atoms with Crippen molar-refractivity contribution < 1.29 is 13.9 Å². The molecule has 4 rings (SSSR count). The van der Waals surface area contributed by atoms with Crippen LogP contribution in [0.25, 0.3) is 5.69 Å². The number of hydrogen-bond donors (Lipinski definition) is 1. The predicted octanol–water partition coefficient (Wildman–Crippen LogP) is 4.92. The number of halogens is 1. The van der Waals surface area contributed by atoms with Crippen LogP contribution in [0.15, 0.2) is 59.8 Å². The molecule has 168 valence electrons. The summed E-state index contributed by atoms with van der Waals surface area (Å²) in [4.78, 5) is 12.5. The fourth-order valence-corrected chi connectivity index (χ4v) is 4.63. The number of ether oxygens (including phenoxy) is 1. The van der Waals surface area contributed by atoms with Gasteiger partial charge in [0.2, 0.25) is 5.91 Å². The Balaban J connectivity index is 1.45. The molecular formula is C24H27FN4O2S. The molecule has 0 atom stereocenters. The van der Waals surface area contributed by atoms with Gasteiger partial charge in [0.1, 0.15) is 6.61 Å². The number of nitrogens with one attached hydrogen (secondary N) is 1. The number of carbonyl (C=O) groups is 1. The molecule has 1 N–H and O–H groups in total. The smallest absolute Gasteiger partial charge is 0.230 e. The molecule has 0 spiro atoms. The third-order valence-corrected chi connectivity index (χ3v) is 6.39. The van der Waals surface area contributed by atoms with E-state index >= 15 is 0 Å². The van der Waals surface area contributed by atoms with Gasteiger partial charge < -0.3 is 10.1 Å². The number of aromatic nitrogens is 3. The van der Waals surface area contributed by atoms with Crippen LogP contribution >= 0.6 is 11.8 Å². The third-order valence-electron chi connectivity index (χ3n) is 5.46. The van der Waals surface area contributed by atoms with E-state index in [0.717, 1.165) is 18.5 Å². The lowest BCUT2D eigenvalue weighted by molar-refractivity contribution is -0.119. The van der Waals surface area contributed by atoms with Crippen LogP contribution in [0.1, 0.15) is 44.3 Å². The molecule has 0 radical (unpaired) electrons. The van der Waals surface area contributed by atoms with Crippen LogP contribution in [0.4, 0.5) is 4.39 Å². The second-order valence-electron chi connectivity index (χ2n) is 7.83. The second-order valence-corrected chi connectivity index (χ2v) is 8.78. The zero-order valence-electron chi connectivity index (χ0n) is 17.9. The van der Waals surface area contributed by atoms with Gasteiger partial charge in [0.15, 0.2) is 22.5 Å². The van der Waals surface area contributed by atoms with Gasteiger partial charge >= 0.3 is 0 Å². The van der Waals surface area contributed by atoms with E-state index in [0.29, 0.717) is 11.0 Å². The van der Waals surface area contributed by atoms with Gasteiger partial charge in [-0.3, -0.25) is 9.36 Å². The Labute approximate surface area is 191 Å². The predicted molar refractivity (Wildman–Crippen MR) is 122 cm³/mol. The molecule has 0 bridgehead atoms. The van der Waals surface area contributed by atoms with Crippen LogP contribution in [0.5, 0.6) is 5.75 Å². The molecule has 0 unspecified atom stereocenters. The molecule has 1 aliphatic carbocycles. The Bertz CT molecular complexity index is 1020. The maximum Gasteiger partial charge on any atom is 0.230 e. The van der Waals surface area contributed by atoms with Crippen LogP contribution in [0.2, 0.25) is 0 Å². The minimum absolute atomic E-state index is 0.00803. The topological polar surface area (TPSA) is 69.0 Å². The Morgan fingerprint density at radius 2 is 1.75 bits per heavy atom. The summed E-state index contributed by atoms with van der Waals surface area (Å²) >= 11 is 1.34. The number of nitrogens with zero attached hydrogens (tertiary/aromatic N) is 3. The molecule has 32 heavy (non-hydrogen) atoms. The lowest BCUT2D eigenvalue weighted by atomic mass is 10.1. The van der Waals surface area contributed by atoms with Crippen molar-refractivity contribution >= 4 is 17.7 Å². The van der Waals surface area contributed by atoms with Crippen molar-refractivity contribution in [1.82, 2.24) is 20.1 Å². The summed E-state index contributed by atoms with van der Waals surface area (Å²) in [5, 5.41) is 12.3. The maximum absolute atomic E-state index is 13.9. The first-order valence-electron chi connectivity index (χ1n) is 11.0. The Kier molecular flexibility index (Phi) is 7.77. The van der Waals surface area contributed by atoms with Crippen LogP contribution in [0.3, 0.4) is 0 Å². The average Bonchev–Trinajstić information content (AvgIpc) is 3.04. The van der Waals surface area contributed by atoms with Gasteiger partial charge in [-0.1, -0.05) is 67.8 Å². The van der Waals surface area contributed by atoms with Crippen molar-refractivity contribution in [3.05, 3.63) is 66.2 Å². The first-order valence-corrected chi connectivity index (χ1v) is 12.0. The van der Waals surface area contributed by atoms with Crippen LogP contribution in [0, 0.1) is 5.82 Å². The van der Waals surface area contributed by atoms with Crippen molar-refractivity contribution in [2.45, 2.75) is 56.3 Å². The average molecular weight is 455 g/mol. The summed E-state index contributed by atoms with van der Waals surface area (Å²) in [5.74, 6) is 0.533. The Morgan fingerprint density at radius 3 is 2.50 bits per heavy atom. The molecule has 1 aromatic heterocycles. The number of carbonyl (C=O) groups excluding carboxylic acids is 1. The molecule has 8 heteroatoms. The number of thioether (sulfide) groups is 1. The highest BCUT2D eigenvalue weighted by molar-refractivity contribution is 7.99. The van der Waals surface area contributed by atoms with E-state index in [9.17, 15) is 9.18 Å². The van der Waals surface area contributed by atoms with E-state index in [1.807, 2.05) is 34.9 Å². The molecule has 0 aliphatic heterocycles. The van der Waals surface area contributed by atoms with Gasteiger partial charge in [-0.05, 0) is 37.1 Å². The van der Waals surface area contributed by atoms with Crippen LogP contribution < -0.4 is 10.1 Å². The molecule has 1 fully saturated rings. The lowest BCUT2D eigenvalue weighted by Gasteiger charge is -2.16. The summed E-state index contributed by atoms with van der Waals surface area (Å²) in [5.41, 5.74) is 0.858. The number of para-hydroxylation sites is 2. The van der Waals surface area contributed by atoms with E-state index in [4.69, 9.17) is 4.74 Å². The van der Waals surface area contributed by atoms with Gasteiger partial charge in [0.25, 0.3) is 0 Å². The fraction of sp³-hybridized carbons (Fsp3) is 0.375. The van der Waals surface area contributed by atoms with Crippen molar-refractivity contribution in [3.63, 3.8) is 0 Å². The molecule has 2 aromatic carbocycles. The highest BCUT2D eigenvalue weighted by Crippen LogP contribution is 2.24. The van der Waals surface area contributed by atoms with Crippen LogP contribution in [-0.2, 0) is 11.4 Å². The van der Waals surface area contributed by atoms with Crippen molar-refractivity contribution in [1.29, 1.82) is 0 Å². The summed E-state index contributed by atoms with van der Waals surface area (Å²) in [6.07, 6.45) is 6.94. The highest BCUT2D eigenvalue weighted by Gasteiger charge is 2.19. The molecule has 1 saturated carbocycles. The van der Waals surface area contributed by atoms with Crippen LogP contribution in [-0.4, -0.2) is 32.5 Å². The largest absolute Gasteiger partial charge is 0.483 e. The zero-order valence-corrected chi connectivity index (χ0v) is 18.7. The summed E-state index contributed by atoms with van der Waals surface area (Å²) in [7, 11) is 0. The number of benzene rings is 2. The first kappa shape index (κ1) is 22.3. The van der Waals surface area contributed by atoms with Crippen molar-refractivity contribution in [2.24, 2.45) is 0 Å². The number of rotatable bonds is 8. The zero-order chi connectivity index (χ0) is 22.2. The van der Waals surface area contributed by atoms with Crippen molar-refractivity contribution in [2.75, 3.05) is 5.75 Å². The van der Waals surface area contributed by atoms with E-state index in [1.54, 1.807) is 18.2 Å². The molecule has 3 aromatic rings. The van der Waals surface area contributed by atoms with E-state index in [2.05, 4.69) is 15.5 Å². The molecule has 1 aliphatic rings. The summed E-state index contributed by atoms with van der Waals surface area (Å²) < 4.78 is 21.4. The standard InChI is InChI=1S/C24H27FN4O2S/c25-20-14-8-9-15-21(20)31-16-22-27-28-24(29(22)19-12-6-3-7-13-19)32-17-23(30)26-18-10-4-1-2-5-11-18/h3,6-9,12-15,18H,1-2,4-5,10-11,16-17H2,(H,26,30). The quantitative estimate of drug-likeness (QED) is 0.387. The summed E-state index contributed by atoms with van der Waals surface area (Å²) in [6.45, 7) is 0.0532. The van der Waals surface area contributed by atoms with Gasteiger partial charge in [-0.15, -0.1) is 10.2 Å². The molecule has 0 saturated heterocycles. The highest BCUT2D eigenvalue weighted by atomic mass is 32.2. The lowest BCUT2D eigenvalue weighted by Crippen LogP contribution is -2.35. The number of hydrogen-bond acceptors (Lipinski definition) is 5. The Morgan fingerprint density at radius 1 is 1.03 bits per heavy atom. The maximum atomic E-state index is 13.9. The minimum Gasteiger partial charge on any atom is -0.483 e. The van der Waals surface area contributed by atoms with E-state index in [-0.39, 0.29) is 30.1 Å². The summed E-state index contributed by atoms with van der Waals surface area (Å²) in [6, 6.07) is 16.2. The fourth-order valence-electron chi connectivity index (χ4n) is 3.85. The van der Waals surface area contributed by atoms with E-state index < -0.39 is 5.82 Å². The second kappa shape index (κ2) is 11.1. The minimum atomic E-state index is -0.428. The monoisotopic (exact) mass is 454 g/mol. The van der Waals surface area contributed by atoms with Gasteiger partial charge in [0, 0.05) is 11.7 Å². The normalized spacial score (nSPS) is 14.7. The van der Waals surface area contributed by atoms with Crippen molar-refractivity contribution in [3.8, 4) is 11.4 Å². The van der Waals surface area contributed by atoms with Gasteiger partial charge in [0.05, 0.1) is 5.75 Å². The van der Waals surface area contributed by atoms with E-state index in [1.165, 1.54) is 43.5 Å².